The zero-order chi connectivity index (χ0) is 36.3. The average Bonchev–Trinajstić information content (AvgIpc) is 3.65. The lowest BCUT2D eigenvalue weighted by molar-refractivity contribution is 0.669. The van der Waals surface area contributed by atoms with Crippen LogP contribution in [0.4, 0.5) is 0 Å². The van der Waals surface area contributed by atoms with Gasteiger partial charge in [-0.1, -0.05) is 152 Å². The fraction of sp³-hybridized carbons (Fsp3) is 0.0196. The summed E-state index contributed by atoms with van der Waals surface area (Å²) >= 11 is 0. The van der Waals surface area contributed by atoms with Crippen molar-refractivity contribution in [2.24, 2.45) is 9.98 Å². The smallest absolute Gasteiger partial charge is 0.159 e. The molecule has 1 unspecified atom stereocenters. The summed E-state index contributed by atoms with van der Waals surface area (Å²) in [6.45, 7) is 0. The van der Waals surface area contributed by atoms with Crippen LogP contribution in [-0.2, 0) is 0 Å². The molecule has 9 aromatic carbocycles. The van der Waals surface area contributed by atoms with Gasteiger partial charge in [-0.2, -0.15) is 0 Å². The Labute approximate surface area is 317 Å². The molecule has 0 bridgehead atoms. The van der Waals surface area contributed by atoms with Crippen LogP contribution in [-0.4, -0.2) is 11.7 Å². The molecule has 1 aliphatic rings. The number of fused-ring (bicyclic) bond motifs is 6. The Kier molecular flexibility index (Phi) is 7.20. The van der Waals surface area contributed by atoms with Crippen LogP contribution in [0.5, 0.6) is 0 Å². The van der Waals surface area contributed by atoms with Crippen LogP contribution in [0.1, 0.15) is 22.9 Å². The monoisotopic (exact) mass is 703 g/mol. The van der Waals surface area contributed by atoms with Crippen molar-refractivity contribution >= 4 is 65.9 Å². The van der Waals surface area contributed by atoms with E-state index < -0.39 is 0 Å². The van der Waals surface area contributed by atoms with E-state index >= 15 is 0 Å². The zero-order valence-electron chi connectivity index (χ0n) is 29.8. The zero-order valence-corrected chi connectivity index (χ0v) is 29.8. The number of hydrogen-bond donors (Lipinski definition) is 1. The van der Waals surface area contributed by atoms with Crippen molar-refractivity contribution in [3.8, 4) is 22.3 Å². The molecule has 55 heavy (non-hydrogen) atoms. The number of benzene rings is 9. The summed E-state index contributed by atoms with van der Waals surface area (Å²) in [6.07, 6.45) is -0.351. The lowest BCUT2D eigenvalue weighted by Gasteiger charge is -2.24. The Morgan fingerprint density at radius 3 is 1.80 bits per heavy atom. The van der Waals surface area contributed by atoms with Gasteiger partial charge < -0.3 is 9.73 Å². The molecule has 4 nitrogen and oxygen atoms in total. The molecular weight excluding hydrogens is 671 g/mol. The molecule has 0 saturated heterocycles. The maximum atomic E-state index is 6.33. The predicted octanol–water partition coefficient (Wildman–Crippen LogP) is 12.9. The van der Waals surface area contributed by atoms with Crippen molar-refractivity contribution in [2.45, 2.75) is 6.17 Å². The molecule has 0 saturated carbocycles. The Bertz CT molecular complexity index is 3190. The van der Waals surface area contributed by atoms with E-state index in [1.807, 2.05) is 12.1 Å². The third-order valence-electron chi connectivity index (χ3n) is 10.9. The molecule has 4 heteroatoms. The van der Waals surface area contributed by atoms with Crippen molar-refractivity contribution in [1.82, 2.24) is 5.32 Å². The first-order valence-electron chi connectivity index (χ1n) is 18.7. The van der Waals surface area contributed by atoms with Crippen LogP contribution in [0.25, 0.3) is 76.5 Å². The number of nitrogens with one attached hydrogen (secondary N) is 1. The van der Waals surface area contributed by atoms with Crippen LogP contribution in [0.3, 0.4) is 0 Å². The molecule has 0 fully saturated rings. The molecule has 0 spiro atoms. The number of para-hydroxylation sites is 1. The Morgan fingerprint density at radius 2 is 1.02 bits per heavy atom. The van der Waals surface area contributed by atoms with Crippen molar-refractivity contribution in [3.05, 3.63) is 205 Å². The van der Waals surface area contributed by atoms with E-state index in [9.17, 15) is 0 Å². The molecule has 1 N–H and O–H groups in total. The maximum absolute atomic E-state index is 6.33. The Hall–Kier alpha value is -7.30. The first kappa shape index (κ1) is 31.2. The Balaban J connectivity index is 1.07. The average molecular weight is 704 g/mol. The molecule has 0 amide bonds. The summed E-state index contributed by atoms with van der Waals surface area (Å²) in [5.41, 5.74) is 9.37. The van der Waals surface area contributed by atoms with Crippen LogP contribution in [0.2, 0.25) is 0 Å². The van der Waals surface area contributed by atoms with Gasteiger partial charge in [0.25, 0.3) is 0 Å². The van der Waals surface area contributed by atoms with Crippen LogP contribution >= 0.6 is 0 Å². The highest BCUT2D eigenvalue weighted by molar-refractivity contribution is 6.18. The van der Waals surface area contributed by atoms with Gasteiger partial charge in [-0.05, 0) is 96.5 Å². The van der Waals surface area contributed by atoms with Gasteiger partial charge in [0, 0.05) is 21.9 Å². The van der Waals surface area contributed by atoms with E-state index in [2.05, 4.69) is 181 Å². The topological polar surface area (TPSA) is 49.9 Å². The Morgan fingerprint density at radius 1 is 0.418 bits per heavy atom. The third kappa shape index (κ3) is 5.46. The van der Waals surface area contributed by atoms with Crippen LogP contribution < -0.4 is 5.32 Å². The van der Waals surface area contributed by atoms with E-state index in [1.54, 1.807) is 0 Å². The van der Waals surface area contributed by atoms with Crippen molar-refractivity contribution < 1.29 is 4.42 Å². The SMILES string of the molecule is c1ccc2cc(C3=NC(c4cc(-c5cccc6oc7ccccc7c56)c5ccccc5c4)=NC(c4ccc(-c5ccc6ccccc6c5)cc4)N3)ccc2c1. The molecule has 0 radical (unpaired) electrons. The number of aliphatic imine (C=N–C) groups is 2. The standard InChI is InChI=1S/C51H33N3O/c1-3-12-36-28-38(26-22-32(36)10-1)34-20-24-35(25-21-34)49-52-50(40-27-23-33-11-2-4-13-37(33)29-40)54-51(53-49)41-30-39-14-5-6-15-42(39)45(31-41)43-17-9-19-47-48(43)44-16-7-8-18-46(44)55-47/h1-31,49H,(H,52,53,54). The minimum Gasteiger partial charge on any atom is -0.456 e. The van der Waals surface area contributed by atoms with Crippen molar-refractivity contribution in [3.63, 3.8) is 0 Å². The van der Waals surface area contributed by atoms with Gasteiger partial charge in [-0.25, -0.2) is 9.98 Å². The van der Waals surface area contributed by atoms with E-state index in [4.69, 9.17) is 14.4 Å². The lowest BCUT2D eigenvalue weighted by atomic mass is 9.92. The van der Waals surface area contributed by atoms with Crippen molar-refractivity contribution in [1.29, 1.82) is 0 Å². The summed E-state index contributed by atoms with van der Waals surface area (Å²) in [4.78, 5) is 10.6. The number of hydrogen-bond acceptors (Lipinski definition) is 4. The van der Waals surface area contributed by atoms with E-state index in [-0.39, 0.29) is 6.17 Å². The highest BCUT2D eigenvalue weighted by Crippen LogP contribution is 2.40. The lowest BCUT2D eigenvalue weighted by Crippen LogP contribution is -2.33. The van der Waals surface area contributed by atoms with Crippen molar-refractivity contribution in [2.75, 3.05) is 0 Å². The molecule has 11 rings (SSSR count). The molecular formula is C51H33N3O. The summed E-state index contributed by atoms with van der Waals surface area (Å²) in [7, 11) is 0. The van der Waals surface area contributed by atoms with Crippen LogP contribution in [0, 0.1) is 0 Å². The second-order valence-electron chi connectivity index (χ2n) is 14.2. The van der Waals surface area contributed by atoms with Gasteiger partial charge in [-0.15, -0.1) is 0 Å². The minimum absolute atomic E-state index is 0.351. The summed E-state index contributed by atoms with van der Waals surface area (Å²) in [5, 5.41) is 13.0. The molecule has 2 heterocycles. The van der Waals surface area contributed by atoms with E-state index in [1.165, 1.54) is 27.1 Å². The minimum atomic E-state index is -0.351. The fourth-order valence-corrected chi connectivity index (χ4v) is 8.12. The first-order valence-corrected chi connectivity index (χ1v) is 18.7. The molecule has 1 aliphatic heterocycles. The van der Waals surface area contributed by atoms with Gasteiger partial charge in [0.2, 0.25) is 0 Å². The maximum Gasteiger partial charge on any atom is 0.159 e. The predicted molar refractivity (Wildman–Crippen MR) is 229 cm³/mol. The summed E-state index contributed by atoms with van der Waals surface area (Å²) in [5.74, 6) is 1.47. The third-order valence-corrected chi connectivity index (χ3v) is 10.9. The summed E-state index contributed by atoms with van der Waals surface area (Å²) in [6, 6.07) is 66.5. The number of rotatable bonds is 5. The second-order valence-corrected chi connectivity index (χ2v) is 14.2. The van der Waals surface area contributed by atoms with E-state index in [0.29, 0.717) is 5.84 Å². The first-order chi connectivity index (χ1) is 27.2. The van der Waals surface area contributed by atoms with Gasteiger partial charge in [0.1, 0.15) is 23.2 Å². The molecule has 0 aliphatic carbocycles. The quantitative estimate of drug-likeness (QED) is 0.194. The molecule has 1 atom stereocenters. The normalized spacial score (nSPS) is 14.4. The number of furan rings is 1. The van der Waals surface area contributed by atoms with Gasteiger partial charge in [0.15, 0.2) is 5.84 Å². The summed E-state index contributed by atoms with van der Waals surface area (Å²) < 4.78 is 6.33. The second kappa shape index (κ2) is 12.7. The highest BCUT2D eigenvalue weighted by atomic mass is 16.3. The molecule has 1 aromatic heterocycles. The highest BCUT2D eigenvalue weighted by Gasteiger charge is 2.23. The number of amidine groups is 2. The van der Waals surface area contributed by atoms with Gasteiger partial charge in [0.05, 0.1) is 0 Å². The number of nitrogens with zero attached hydrogens (tertiary/aromatic N) is 2. The molecule has 258 valence electrons. The van der Waals surface area contributed by atoms with E-state index in [0.717, 1.165) is 71.9 Å². The largest absolute Gasteiger partial charge is 0.456 e. The van der Waals surface area contributed by atoms with Gasteiger partial charge >= 0.3 is 0 Å². The molecule has 10 aromatic rings. The van der Waals surface area contributed by atoms with Gasteiger partial charge in [-0.3, -0.25) is 0 Å². The fourth-order valence-electron chi connectivity index (χ4n) is 8.12. The van der Waals surface area contributed by atoms with Crippen LogP contribution in [0.15, 0.2) is 202 Å².